The van der Waals surface area contributed by atoms with E-state index in [0.717, 1.165) is 44.9 Å². The van der Waals surface area contributed by atoms with Crippen LogP contribution in [-0.4, -0.2) is 36.4 Å². The maximum Gasteiger partial charge on any atom is 0.306 e. The average molecular weight is 1210 g/mol. The molecular weight excluding hydrogens is 1050 g/mol. The number of ether oxygens (including phenoxy) is 2. The number of allylic oxidation sites excluding steroid dienone is 6. The summed E-state index contributed by atoms with van der Waals surface area (Å²) in [6, 6.07) is 0. The van der Waals surface area contributed by atoms with Crippen molar-refractivity contribution in [3.8, 4) is 0 Å². The number of carbonyl (C=O) groups excluding carboxylic acids is 2. The maximum absolute atomic E-state index is 12.4. The molecule has 0 bridgehead atoms. The highest BCUT2D eigenvalue weighted by molar-refractivity contribution is 5.70. The lowest BCUT2D eigenvalue weighted by atomic mass is 10.0. The summed E-state index contributed by atoms with van der Waals surface area (Å²) in [4.78, 5) is 24.7. The van der Waals surface area contributed by atoms with Crippen LogP contribution in [-0.2, 0) is 19.1 Å². The standard InChI is InChI=1S/C81H154O5/c1-3-5-7-9-11-13-15-17-19-21-23-25-27-29-31-33-35-37-38-39-40-41-42-44-46-48-50-52-54-56-58-60-62-64-66-68-70-72-74-76-81(84)86-79(77-82)78-85-80(83)75-73-71-69-67-65-63-61-59-57-55-53-51-49-47-45-43-36-34-32-30-28-26-24-22-20-18-16-14-12-10-8-6-4-2/h15,17,21,23,27,29,79,82H,3-14,16,18-20,22,24-26,28,30-78H2,1-2H3/b17-15-,23-21-,29-27-. The second kappa shape index (κ2) is 77.4. The van der Waals surface area contributed by atoms with Crippen molar-refractivity contribution in [2.24, 2.45) is 0 Å². The van der Waals surface area contributed by atoms with Gasteiger partial charge in [-0.15, -0.1) is 0 Å². The first-order chi connectivity index (χ1) is 42.6. The van der Waals surface area contributed by atoms with Crippen LogP contribution in [0.2, 0.25) is 0 Å². The maximum atomic E-state index is 12.4. The Morgan fingerprint density at radius 3 is 0.698 bits per heavy atom. The molecule has 0 aliphatic rings. The number of aliphatic hydroxyl groups excluding tert-OH is 1. The molecule has 0 heterocycles. The molecule has 1 N–H and O–H groups in total. The summed E-state index contributed by atoms with van der Waals surface area (Å²) in [5.41, 5.74) is 0. The molecular formula is C81H154O5. The summed E-state index contributed by atoms with van der Waals surface area (Å²) < 4.78 is 10.8. The van der Waals surface area contributed by atoms with Crippen LogP contribution >= 0.6 is 0 Å². The Morgan fingerprint density at radius 2 is 0.465 bits per heavy atom. The quantitative estimate of drug-likeness (QED) is 0.0373. The van der Waals surface area contributed by atoms with Crippen molar-refractivity contribution >= 4 is 11.9 Å². The molecule has 0 aliphatic heterocycles. The van der Waals surface area contributed by atoms with Crippen LogP contribution in [0, 0.1) is 0 Å². The molecule has 0 aliphatic carbocycles. The summed E-state index contributed by atoms with van der Waals surface area (Å²) >= 11 is 0. The topological polar surface area (TPSA) is 72.8 Å². The summed E-state index contributed by atoms with van der Waals surface area (Å²) in [6.07, 6.45) is 104. The first-order valence-electron chi connectivity index (χ1n) is 39.5. The van der Waals surface area contributed by atoms with E-state index in [1.54, 1.807) is 0 Å². The summed E-state index contributed by atoms with van der Waals surface area (Å²) in [5, 5.41) is 9.73. The minimum atomic E-state index is -0.769. The predicted octanol–water partition coefficient (Wildman–Crippen LogP) is 27.7. The number of esters is 2. The Hall–Kier alpha value is -1.88. The summed E-state index contributed by atoms with van der Waals surface area (Å²) in [7, 11) is 0. The van der Waals surface area contributed by atoms with E-state index in [2.05, 4.69) is 50.3 Å². The third-order valence-corrected chi connectivity index (χ3v) is 18.4. The Kier molecular flexibility index (Phi) is 75.7. The lowest BCUT2D eigenvalue weighted by molar-refractivity contribution is -0.161. The molecule has 0 rings (SSSR count). The zero-order valence-corrected chi connectivity index (χ0v) is 58.6. The van der Waals surface area contributed by atoms with Gasteiger partial charge in [0.2, 0.25) is 0 Å². The number of carbonyl (C=O) groups is 2. The van der Waals surface area contributed by atoms with Gasteiger partial charge in [0, 0.05) is 12.8 Å². The molecule has 508 valence electrons. The van der Waals surface area contributed by atoms with Gasteiger partial charge in [0.05, 0.1) is 6.61 Å². The third kappa shape index (κ3) is 74.6. The van der Waals surface area contributed by atoms with Gasteiger partial charge >= 0.3 is 11.9 Å². The molecule has 0 aromatic heterocycles. The number of hydrogen-bond donors (Lipinski definition) is 1. The lowest BCUT2D eigenvalue weighted by Crippen LogP contribution is -2.28. The van der Waals surface area contributed by atoms with Crippen LogP contribution in [0.25, 0.3) is 0 Å². The van der Waals surface area contributed by atoms with E-state index in [-0.39, 0.29) is 25.2 Å². The van der Waals surface area contributed by atoms with E-state index in [9.17, 15) is 14.7 Å². The number of aliphatic hydroxyl groups is 1. The highest BCUT2D eigenvalue weighted by Gasteiger charge is 2.16. The highest BCUT2D eigenvalue weighted by Crippen LogP contribution is 2.20. The van der Waals surface area contributed by atoms with Crippen molar-refractivity contribution in [1.82, 2.24) is 0 Å². The van der Waals surface area contributed by atoms with E-state index < -0.39 is 6.10 Å². The smallest absolute Gasteiger partial charge is 0.306 e. The van der Waals surface area contributed by atoms with Crippen LogP contribution in [0.3, 0.4) is 0 Å². The number of hydrogen-bond acceptors (Lipinski definition) is 5. The van der Waals surface area contributed by atoms with Gasteiger partial charge in [0.1, 0.15) is 6.61 Å². The average Bonchev–Trinajstić information content (AvgIpc) is 3.55. The van der Waals surface area contributed by atoms with Gasteiger partial charge in [-0.2, -0.15) is 0 Å². The molecule has 0 aromatic rings. The number of unbranched alkanes of at least 4 members (excludes halogenated alkanes) is 61. The predicted molar refractivity (Wildman–Crippen MR) is 381 cm³/mol. The van der Waals surface area contributed by atoms with Crippen molar-refractivity contribution in [2.75, 3.05) is 13.2 Å². The van der Waals surface area contributed by atoms with Crippen molar-refractivity contribution in [2.45, 2.75) is 457 Å². The van der Waals surface area contributed by atoms with Gasteiger partial charge in [-0.1, -0.05) is 423 Å². The Balaban J connectivity index is 3.36. The molecule has 0 amide bonds. The first kappa shape index (κ1) is 84.1. The minimum Gasteiger partial charge on any atom is -0.462 e. The van der Waals surface area contributed by atoms with E-state index in [0.29, 0.717) is 12.8 Å². The molecule has 0 saturated carbocycles. The molecule has 0 spiro atoms. The molecule has 0 fully saturated rings. The molecule has 5 heteroatoms. The van der Waals surface area contributed by atoms with Crippen LogP contribution in [0.1, 0.15) is 450 Å². The normalized spacial score (nSPS) is 12.3. The Labute approximate surface area is 539 Å². The fourth-order valence-electron chi connectivity index (χ4n) is 12.5. The molecule has 1 atom stereocenters. The van der Waals surface area contributed by atoms with Crippen molar-refractivity contribution in [3.63, 3.8) is 0 Å². The third-order valence-electron chi connectivity index (χ3n) is 18.4. The van der Waals surface area contributed by atoms with Gasteiger partial charge in [0.25, 0.3) is 0 Å². The van der Waals surface area contributed by atoms with Crippen LogP contribution in [0.4, 0.5) is 0 Å². The van der Waals surface area contributed by atoms with E-state index in [4.69, 9.17) is 9.47 Å². The zero-order chi connectivity index (χ0) is 61.9. The van der Waals surface area contributed by atoms with E-state index in [1.807, 2.05) is 0 Å². The largest absolute Gasteiger partial charge is 0.462 e. The second-order valence-electron chi connectivity index (χ2n) is 27.2. The molecule has 0 radical (unpaired) electrons. The fourth-order valence-corrected chi connectivity index (χ4v) is 12.5. The number of rotatable bonds is 75. The van der Waals surface area contributed by atoms with E-state index in [1.165, 1.54) is 379 Å². The van der Waals surface area contributed by atoms with E-state index >= 15 is 0 Å². The SMILES string of the molecule is CCCCCCC/C=C\C/C=C\C/C=C\CCCCCCCCCCCCCCCCCCCCCCCCCCC(=O)OC(CO)COC(=O)CCCCCCCCCCCCCCCCCCCCCCCCCCCCCCCCCCC. The van der Waals surface area contributed by atoms with Gasteiger partial charge in [-0.25, -0.2) is 0 Å². The molecule has 0 aromatic carbocycles. The molecule has 0 saturated heterocycles. The van der Waals surface area contributed by atoms with Gasteiger partial charge in [0.15, 0.2) is 6.10 Å². The van der Waals surface area contributed by atoms with Gasteiger partial charge < -0.3 is 14.6 Å². The van der Waals surface area contributed by atoms with Crippen LogP contribution in [0.15, 0.2) is 36.5 Å². The summed E-state index contributed by atoms with van der Waals surface area (Å²) in [5.74, 6) is -0.561. The van der Waals surface area contributed by atoms with Crippen molar-refractivity contribution < 1.29 is 24.2 Å². The first-order valence-corrected chi connectivity index (χ1v) is 39.5. The van der Waals surface area contributed by atoms with Crippen molar-refractivity contribution in [3.05, 3.63) is 36.5 Å². The monoisotopic (exact) mass is 1210 g/mol. The van der Waals surface area contributed by atoms with Crippen LogP contribution in [0.5, 0.6) is 0 Å². The molecule has 1 unspecified atom stereocenters. The lowest BCUT2D eigenvalue weighted by Gasteiger charge is -2.15. The highest BCUT2D eigenvalue weighted by atomic mass is 16.6. The molecule has 86 heavy (non-hydrogen) atoms. The Bertz CT molecular complexity index is 1370. The van der Waals surface area contributed by atoms with Gasteiger partial charge in [-0.05, 0) is 51.4 Å². The summed E-state index contributed by atoms with van der Waals surface area (Å²) in [6.45, 7) is 4.20. The molecule has 5 nitrogen and oxygen atoms in total. The minimum absolute atomic E-state index is 0.0576. The van der Waals surface area contributed by atoms with Crippen molar-refractivity contribution in [1.29, 1.82) is 0 Å². The van der Waals surface area contributed by atoms with Crippen LogP contribution < -0.4 is 0 Å². The second-order valence-corrected chi connectivity index (χ2v) is 27.2. The van der Waals surface area contributed by atoms with Gasteiger partial charge in [-0.3, -0.25) is 9.59 Å². The Morgan fingerprint density at radius 1 is 0.267 bits per heavy atom. The fraction of sp³-hybridized carbons (Fsp3) is 0.901. The zero-order valence-electron chi connectivity index (χ0n) is 58.6.